The van der Waals surface area contributed by atoms with Gasteiger partial charge in [0.1, 0.15) is 12.4 Å². The molecule has 0 aromatic heterocycles. The van der Waals surface area contributed by atoms with Gasteiger partial charge < -0.3 is 20.5 Å². The van der Waals surface area contributed by atoms with Gasteiger partial charge in [0, 0.05) is 20.5 Å². The Morgan fingerprint density at radius 3 is 2.40 bits per heavy atom. The molecule has 1 unspecified atom stereocenters. The maximum absolute atomic E-state index is 11.9. The maximum Gasteiger partial charge on any atom is 0.258 e. The number of ether oxygens (including phenoxy) is 1. The Morgan fingerprint density at radius 1 is 1.50 bits per heavy atom. The Morgan fingerprint density at radius 2 is 2.00 bits per heavy atom. The minimum Gasteiger partial charge on any atom is -0.487 e. The molecule has 0 bridgehead atoms. The van der Waals surface area contributed by atoms with E-state index in [2.05, 4.69) is 31.8 Å². The van der Waals surface area contributed by atoms with E-state index < -0.39 is 5.17 Å². The highest BCUT2D eigenvalue weighted by Gasteiger charge is 2.38. The SMILES string of the molecule is CN(C)C(=S)OCC1C(=O)CCCC1(C)C.NC(O)=S. The van der Waals surface area contributed by atoms with Gasteiger partial charge in [-0.3, -0.25) is 4.79 Å². The van der Waals surface area contributed by atoms with E-state index in [1.807, 2.05) is 14.1 Å². The molecule has 1 aliphatic rings. The third-order valence-electron chi connectivity index (χ3n) is 3.31. The van der Waals surface area contributed by atoms with Crippen molar-refractivity contribution in [1.82, 2.24) is 4.90 Å². The first-order valence-corrected chi connectivity index (χ1v) is 7.24. The molecule has 0 radical (unpaired) electrons. The summed E-state index contributed by atoms with van der Waals surface area (Å²) >= 11 is 8.92. The van der Waals surface area contributed by atoms with Crippen molar-refractivity contribution in [3.8, 4) is 0 Å². The van der Waals surface area contributed by atoms with E-state index in [0.29, 0.717) is 24.0 Å². The zero-order valence-corrected chi connectivity index (χ0v) is 14.1. The van der Waals surface area contributed by atoms with E-state index in [-0.39, 0.29) is 11.3 Å². The molecule has 116 valence electrons. The predicted molar refractivity (Wildman–Crippen MR) is 87.8 cm³/mol. The van der Waals surface area contributed by atoms with Crippen molar-refractivity contribution < 1.29 is 14.6 Å². The number of nitrogens with two attached hydrogens (primary N) is 1. The highest BCUT2D eigenvalue weighted by atomic mass is 32.1. The topological polar surface area (TPSA) is 75.8 Å². The van der Waals surface area contributed by atoms with Gasteiger partial charge in [0.15, 0.2) is 0 Å². The molecule has 0 heterocycles. The van der Waals surface area contributed by atoms with Crippen LogP contribution in [0.5, 0.6) is 0 Å². The average Bonchev–Trinajstić information content (AvgIpc) is 2.26. The lowest BCUT2D eigenvalue weighted by Crippen LogP contribution is -2.39. The summed E-state index contributed by atoms with van der Waals surface area (Å²) in [5.41, 5.74) is 4.44. The van der Waals surface area contributed by atoms with E-state index in [9.17, 15) is 4.79 Å². The molecule has 5 nitrogen and oxygen atoms in total. The monoisotopic (exact) mass is 320 g/mol. The number of carbonyl (C=O) groups excluding carboxylic acids is 1. The van der Waals surface area contributed by atoms with Crippen LogP contribution < -0.4 is 5.73 Å². The van der Waals surface area contributed by atoms with Crippen LogP contribution in [-0.2, 0) is 9.53 Å². The largest absolute Gasteiger partial charge is 0.487 e. The minimum absolute atomic E-state index is 0.0147. The average molecular weight is 320 g/mol. The van der Waals surface area contributed by atoms with Crippen molar-refractivity contribution in [2.75, 3.05) is 20.7 Å². The molecule has 1 aliphatic carbocycles. The lowest BCUT2D eigenvalue weighted by Gasteiger charge is -2.37. The van der Waals surface area contributed by atoms with Gasteiger partial charge in [-0.25, -0.2) is 0 Å². The molecular formula is C13H24N2O3S2. The number of aliphatic hydroxyl groups is 1. The van der Waals surface area contributed by atoms with Crippen molar-refractivity contribution in [2.45, 2.75) is 33.1 Å². The number of Topliss-reactive ketones (excluding diaryl/α,β-unsaturated/α-hetero) is 1. The van der Waals surface area contributed by atoms with E-state index in [0.717, 1.165) is 12.8 Å². The molecule has 0 aromatic rings. The van der Waals surface area contributed by atoms with Gasteiger partial charge in [-0.05, 0) is 42.7 Å². The molecular weight excluding hydrogens is 296 g/mol. The minimum atomic E-state index is -0.500. The summed E-state index contributed by atoms with van der Waals surface area (Å²) in [5, 5.41) is 7.52. The van der Waals surface area contributed by atoms with Gasteiger partial charge in [-0.1, -0.05) is 13.8 Å². The van der Waals surface area contributed by atoms with Gasteiger partial charge in [0.05, 0.1) is 5.92 Å². The van der Waals surface area contributed by atoms with Crippen LogP contribution in [0.25, 0.3) is 0 Å². The number of carbonyl (C=O) groups is 1. The van der Waals surface area contributed by atoms with Gasteiger partial charge >= 0.3 is 0 Å². The summed E-state index contributed by atoms with van der Waals surface area (Å²) in [6, 6.07) is 0. The summed E-state index contributed by atoms with van der Waals surface area (Å²) in [7, 11) is 3.69. The van der Waals surface area contributed by atoms with Crippen LogP contribution >= 0.6 is 24.4 Å². The normalized spacial score (nSPS) is 20.4. The molecule has 3 N–H and O–H groups in total. The first-order valence-electron chi connectivity index (χ1n) is 6.43. The standard InChI is InChI=1S/C12H21NO2S.CH3NOS/c1-12(2)7-5-6-10(14)9(12)8-15-11(16)13(3)4;2-1(3)4/h9H,5-8H2,1-4H3;(H3,2,3,4). The number of nitrogens with zero attached hydrogens (tertiary/aromatic N) is 1. The molecule has 1 saturated carbocycles. The molecule has 1 rings (SSSR count). The Bertz CT molecular complexity index is 367. The van der Waals surface area contributed by atoms with Gasteiger partial charge in [0.25, 0.3) is 10.3 Å². The molecule has 0 spiro atoms. The quantitative estimate of drug-likeness (QED) is 0.754. The Hall–Kier alpha value is -0.950. The number of hydrogen-bond donors (Lipinski definition) is 2. The Kier molecular flexibility index (Phi) is 7.96. The van der Waals surface area contributed by atoms with Crippen molar-refractivity contribution in [3.05, 3.63) is 0 Å². The second kappa shape index (κ2) is 8.36. The fourth-order valence-corrected chi connectivity index (χ4v) is 2.17. The zero-order valence-electron chi connectivity index (χ0n) is 12.5. The van der Waals surface area contributed by atoms with Crippen LogP contribution in [-0.4, -0.2) is 46.8 Å². The molecule has 0 amide bonds. The second-order valence-corrected chi connectivity index (χ2v) is 6.44. The lowest BCUT2D eigenvalue weighted by atomic mass is 9.68. The predicted octanol–water partition coefficient (Wildman–Crippen LogP) is 2.03. The summed E-state index contributed by atoms with van der Waals surface area (Å²) < 4.78 is 5.49. The summed E-state index contributed by atoms with van der Waals surface area (Å²) in [6.07, 6.45) is 2.77. The second-order valence-electron chi connectivity index (χ2n) is 5.67. The van der Waals surface area contributed by atoms with Crippen LogP contribution in [0, 0.1) is 11.3 Å². The Labute approximate surface area is 131 Å². The first kappa shape index (κ1) is 19.1. The van der Waals surface area contributed by atoms with Crippen LogP contribution in [0.2, 0.25) is 0 Å². The van der Waals surface area contributed by atoms with Crippen LogP contribution in [0.15, 0.2) is 0 Å². The summed E-state index contributed by atoms with van der Waals surface area (Å²) in [4.78, 5) is 13.6. The van der Waals surface area contributed by atoms with Gasteiger partial charge in [0.2, 0.25) is 0 Å². The fourth-order valence-electron chi connectivity index (χ4n) is 2.10. The first-order chi connectivity index (χ1) is 9.08. The van der Waals surface area contributed by atoms with Crippen molar-refractivity contribution >= 4 is 40.6 Å². The van der Waals surface area contributed by atoms with Crippen molar-refractivity contribution in [1.29, 1.82) is 0 Å². The van der Waals surface area contributed by atoms with Gasteiger partial charge in [-0.15, -0.1) is 0 Å². The maximum atomic E-state index is 11.9. The zero-order chi connectivity index (χ0) is 15.9. The number of hydrogen-bond acceptors (Lipinski definition) is 4. The summed E-state index contributed by atoms with van der Waals surface area (Å²) in [6.45, 7) is 4.69. The van der Waals surface area contributed by atoms with Gasteiger partial charge in [-0.2, -0.15) is 0 Å². The number of aliphatic hydroxyl groups excluding tert-OH is 1. The van der Waals surface area contributed by atoms with Crippen molar-refractivity contribution in [3.63, 3.8) is 0 Å². The van der Waals surface area contributed by atoms with Crippen LogP contribution in [0.3, 0.4) is 0 Å². The molecule has 1 atom stereocenters. The van der Waals surface area contributed by atoms with E-state index >= 15 is 0 Å². The van der Waals surface area contributed by atoms with Crippen LogP contribution in [0.1, 0.15) is 33.1 Å². The number of thiocarbonyl (C=S) groups is 2. The van der Waals surface area contributed by atoms with E-state index in [1.54, 1.807) is 4.90 Å². The number of ketones is 1. The number of rotatable bonds is 2. The molecule has 0 saturated heterocycles. The summed E-state index contributed by atoms with van der Waals surface area (Å²) in [5.74, 6) is 0.303. The third-order valence-corrected chi connectivity index (χ3v) is 3.80. The van der Waals surface area contributed by atoms with Crippen LogP contribution in [0.4, 0.5) is 0 Å². The molecule has 1 fully saturated rings. The lowest BCUT2D eigenvalue weighted by molar-refractivity contribution is -0.131. The van der Waals surface area contributed by atoms with Crippen molar-refractivity contribution in [2.24, 2.45) is 17.1 Å². The highest BCUT2D eigenvalue weighted by molar-refractivity contribution is 7.80. The molecule has 0 aliphatic heterocycles. The smallest absolute Gasteiger partial charge is 0.258 e. The highest BCUT2D eigenvalue weighted by Crippen LogP contribution is 2.38. The third kappa shape index (κ3) is 7.00. The fraction of sp³-hybridized carbons (Fsp3) is 0.769. The molecule has 0 aromatic carbocycles. The Balaban J connectivity index is 0.000000796. The molecule has 20 heavy (non-hydrogen) atoms. The van der Waals surface area contributed by atoms with E-state index in [4.69, 9.17) is 22.1 Å². The molecule has 7 heteroatoms. The van der Waals surface area contributed by atoms with E-state index in [1.165, 1.54) is 0 Å².